The first-order valence-corrected chi connectivity index (χ1v) is 5.02. The highest BCUT2D eigenvalue weighted by molar-refractivity contribution is 5.31. The molecule has 1 aromatic carbocycles. The Morgan fingerprint density at radius 2 is 2.07 bits per heavy atom. The van der Waals surface area contributed by atoms with Gasteiger partial charge in [0.15, 0.2) is 0 Å². The van der Waals surface area contributed by atoms with Crippen molar-refractivity contribution in [2.24, 2.45) is 0 Å². The molecule has 0 spiro atoms. The summed E-state index contributed by atoms with van der Waals surface area (Å²) in [7, 11) is 1.68. The lowest BCUT2D eigenvalue weighted by Crippen LogP contribution is -2.41. The molecule has 0 saturated heterocycles. The van der Waals surface area contributed by atoms with Gasteiger partial charge in [0.2, 0.25) is 0 Å². The number of fused-ring (bicyclic) bond motifs is 1. The van der Waals surface area contributed by atoms with Crippen molar-refractivity contribution in [2.45, 2.75) is 24.9 Å². The van der Waals surface area contributed by atoms with Crippen LogP contribution in [0.5, 0.6) is 0 Å². The highest BCUT2D eigenvalue weighted by Gasteiger charge is 2.33. The normalized spacial score (nSPS) is 25.9. The van der Waals surface area contributed by atoms with E-state index in [9.17, 15) is 5.11 Å². The van der Waals surface area contributed by atoms with Crippen molar-refractivity contribution < 1.29 is 9.84 Å². The zero-order valence-electron chi connectivity index (χ0n) is 8.49. The second-order valence-corrected chi connectivity index (χ2v) is 3.99. The van der Waals surface area contributed by atoms with Crippen LogP contribution in [-0.2, 0) is 17.6 Å². The third-order valence-electron chi connectivity index (χ3n) is 3.20. The van der Waals surface area contributed by atoms with Crippen LogP contribution in [0.15, 0.2) is 24.3 Å². The maximum absolute atomic E-state index is 9.34. The molecule has 76 valence electrons. The van der Waals surface area contributed by atoms with Gasteiger partial charge >= 0.3 is 0 Å². The van der Waals surface area contributed by atoms with E-state index in [1.54, 1.807) is 7.11 Å². The Hall–Kier alpha value is -0.860. The summed E-state index contributed by atoms with van der Waals surface area (Å²) in [6.07, 6.45) is 2.75. The maximum Gasteiger partial charge on any atom is 0.0951 e. The molecule has 0 radical (unpaired) electrons. The summed E-state index contributed by atoms with van der Waals surface area (Å²) in [4.78, 5) is 0. The number of ether oxygens (including phenoxy) is 1. The van der Waals surface area contributed by atoms with Gasteiger partial charge in [0.05, 0.1) is 12.2 Å². The van der Waals surface area contributed by atoms with Gasteiger partial charge in [-0.3, -0.25) is 0 Å². The number of aliphatic hydroxyl groups excluding tert-OH is 1. The summed E-state index contributed by atoms with van der Waals surface area (Å²) in [5.74, 6) is 0. The smallest absolute Gasteiger partial charge is 0.0951 e. The van der Waals surface area contributed by atoms with E-state index in [0.29, 0.717) is 0 Å². The molecule has 1 atom stereocenters. The molecule has 0 fully saturated rings. The molecular formula is C12H16O2. The minimum Gasteiger partial charge on any atom is -0.393 e. The second kappa shape index (κ2) is 3.71. The number of hydrogen-bond donors (Lipinski definition) is 1. The fraction of sp³-hybridized carbons (Fsp3) is 0.500. The molecule has 0 bridgehead atoms. The summed E-state index contributed by atoms with van der Waals surface area (Å²) < 4.78 is 5.43. The molecule has 0 heterocycles. The molecule has 1 aliphatic carbocycles. The highest BCUT2D eigenvalue weighted by atomic mass is 16.5. The maximum atomic E-state index is 9.34. The lowest BCUT2D eigenvalue weighted by Gasteiger charge is -2.35. The molecule has 1 aromatic rings. The van der Waals surface area contributed by atoms with E-state index in [2.05, 4.69) is 18.2 Å². The zero-order chi connectivity index (χ0) is 10.0. The molecule has 2 heteroatoms. The first-order valence-electron chi connectivity index (χ1n) is 5.02. The average Bonchev–Trinajstić information content (AvgIpc) is 2.28. The van der Waals surface area contributed by atoms with Gasteiger partial charge in [-0.25, -0.2) is 0 Å². The average molecular weight is 192 g/mol. The molecule has 0 aliphatic heterocycles. The zero-order valence-corrected chi connectivity index (χ0v) is 8.49. The van der Waals surface area contributed by atoms with Gasteiger partial charge in [-0.05, 0) is 24.0 Å². The van der Waals surface area contributed by atoms with Crippen molar-refractivity contribution in [3.8, 4) is 0 Å². The molecule has 1 unspecified atom stereocenters. The monoisotopic (exact) mass is 192 g/mol. The van der Waals surface area contributed by atoms with Crippen LogP contribution in [0.3, 0.4) is 0 Å². The SMILES string of the molecule is COC1(CO)CCc2ccccc2C1. The van der Waals surface area contributed by atoms with Gasteiger partial charge in [-0.1, -0.05) is 24.3 Å². The van der Waals surface area contributed by atoms with Crippen molar-refractivity contribution in [3.63, 3.8) is 0 Å². The molecule has 0 aromatic heterocycles. The number of hydrogen-bond acceptors (Lipinski definition) is 2. The summed E-state index contributed by atoms with van der Waals surface area (Å²) >= 11 is 0. The Balaban J connectivity index is 2.28. The van der Waals surface area contributed by atoms with Crippen LogP contribution in [0, 0.1) is 0 Å². The Bertz CT molecular complexity index is 316. The van der Waals surface area contributed by atoms with Crippen molar-refractivity contribution >= 4 is 0 Å². The molecule has 2 rings (SSSR count). The van der Waals surface area contributed by atoms with Crippen molar-refractivity contribution in [2.75, 3.05) is 13.7 Å². The summed E-state index contributed by atoms with van der Waals surface area (Å²) in [6, 6.07) is 8.39. The number of benzene rings is 1. The van der Waals surface area contributed by atoms with Gasteiger partial charge in [0.25, 0.3) is 0 Å². The summed E-state index contributed by atoms with van der Waals surface area (Å²) in [5, 5.41) is 9.34. The highest BCUT2D eigenvalue weighted by Crippen LogP contribution is 2.30. The predicted molar refractivity (Wildman–Crippen MR) is 55.3 cm³/mol. The number of methoxy groups -OCH3 is 1. The summed E-state index contributed by atoms with van der Waals surface area (Å²) in [6.45, 7) is 0.109. The molecule has 1 aliphatic rings. The lowest BCUT2D eigenvalue weighted by atomic mass is 9.81. The van der Waals surface area contributed by atoms with Crippen LogP contribution in [-0.4, -0.2) is 24.4 Å². The van der Waals surface area contributed by atoms with E-state index in [1.165, 1.54) is 11.1 Å². The Labute approximate surface area is 84.5 Å². The Kier molecular flexibility index (Phi) is 2.57. The second-order valence-electron chi connectivity index (χ2n) is 3.99. The predicted octanol–water partition coefficient (Wildman–Crippen LogP) is 1.55. The van der Waals surface area contributed by atoms with Crippen LogP contribution in [0.4, 0.5) is 0 Å². The Morgan fingerprint density at radius 1 is 1.36 bits per heavy atom. The third-order valence-corrected chi connectivity index (χ3v) is 3.20. The number of rotatable bonds is 2. The van der Waals surface area contributed by atoms with Crippen molar-refractivity contribution in [1.29, 1.82) is 0 Å². The fourth-order valence-electron chi connectivity index (χ4n) is 2.15. The standard InChI is InChI=1S/C12H16O2/c1-14-12(9-13)7-6-10-4-2-3-5-11(10)8-12/h2-5,13H,6-9H2,1H3. The Morgan fingerprint density at radius 3 is 2.71 bits per heavy atom. The number of aliphatic hydroxyl groups is 1. The molecule has 0 amide bonds. The van der Waals surface area contributed by atoms with Gasteiger partial charge in [-0.2, -0.15) is 0 Å². The van der Waals surface area contributed by atoms with Crippen LogP contribution < -0.4 is 0 Å². The lowest BCUT2D eigenvalue weighted by molar-refractivity contribution is -0.0606. The quantitative estimate of drug-likeness (QED) is 0.770. The molecule has 0 saturated carbocycles. The van der Waals surface area contributed by atoms with E-state index >= 15 is 0 Å². The first kappa shape index (κ1) is 9.69. The van der Waals surface area contributed by atoms with E-state index in [1.807, 2.05) is 6.07 Å². The largest absolute Gasteiger partial charge is 0.393 e. The fourth-order valence-corrected chi connectivity index (χ4v) is 2.15. The van der Waals surface area contributed by atoms with Crippen molar-refractivity contribution in [1.82, 2.24) is 0 Å². The molecule has 14 heavy (non-hydrogen) atoms. The molecule has 1 N–H and O–H groups in total. The third kappa shape index (κ3) is 1.56. The topological polar surface area (TPSA) is 29.5 Å². The van der Waals surface area contributed by atoms with Crippen LogP contribution >= 0.6 is 0 Å². The van der Waals surface area contributed by atoms with Gasteiger partial charge in [0, 0.05) is 13.5 Å². The van der Waals surface area contributed by atoms with Gasteiger partial charge in [0.1, 0.15) is 0 Å². The summed E-state index contributed by atoms with van der Waals surface area (Å²) in [5.41, 5.74) is 2.37. The molecular weight excluding hydrogens is 176 g/mol. The first-order chi connectivity index (χ1) is 6.79. The van der Waals surface area contributed by atoms with Gasteiger partial charge in [-0.15, -0.1) is 0 Å². The van der Waals surface area contributed by atoms with E-state index in [4.69, 9.17) is 4.74 Å². The van der Waals surface area contributed by atoms with Crippen molar-refractivity contribution in [3.05, 3.63) is 35.4 Å². The van der Waals surface area contributed by atoms with Crippen LogP contribution in [0.1, 0.15) is 17.5 Å². The van der Waals surface area contributed by atoms with E-state index < -0.39 is 0 Å². The minimum absolute atomic E-state index is 0.109. The van der Waals surface area contributed by atoms with Crippen LogP contribution in [0.25, 0.3) is 0 Å². The van der Waals surface area contributed by atoms with Gasteiger partial charge < -0.3 is 9.84 Å². The van der Waals surface area contributed by atoms with E-state index in [0.717, 1.165) is 19.3 Å². The number of aryl methyl sites for hydroxylation is 1. The van der Waals surface area contributed by atoms with E-state index in [-0.39, 0.29) is 12.2 Å². The molecule has 2 nitrogen and oxygen atoms in total. The minimum atomic E-state index is -0.339. The van der Waals surface area contributed by atoms with Crippen LogP contribution in [0.2, 0.25) is 0 Å².